The van der Waals surface area contributed by atoms with Crippen LogP contribution in [0, 0.1) is 5.92 Å². The first-order valence-corrected chi connectivity index (χ1v) is 12.9. The Bertz CT molecular complexity index is 1270. The molecule has 4 aromatic rings. The van der Waals surface area contributed by atoms with Crippen molar-refractivity contribution >= 4 is 12.0 Å². The molecule has 1 amide bonds. The zero-order valence-corrected chi connectivity index (χ0v) is 20.7. The SMILES string of the molecule is O=C(Cc1ccccc1)N1CCC(=Cc2ccccc2)C(Cc2ccccc2)C1Cc1ccccc1. The summed E-state index contributed by atoms with van der Waals surface area (Å²) in [5.41, 5.74) is 6.34. The van der Waals surface area contributed by atoms with E-state index < -0.39 is 0 Å². The van der Waals surface area contributed by atoms with E-state index in [1.165, 1.54) is 22.3 Å². The number of rotatable bonds is 7. The van der Waals surface area contributed by atoms with E-state index in [-0.39, 0.29) is 17.9 Å². The van der Waals surface area contributed by atoms with Crippen molar-refractivity contribution in [2.45, 2.75) is 31.7 Å². The Morgan fingerprint density at radius 2 is 1.17 bits per heavy atom. The van der Waals surface area contributed by atoms with Crippen molar-refractivity contribution in [1.82, 2.24) is 4.90 Å². The van der Waals surface area contributed by atoms with Crippen LogP contribution in [0.25, 0.3) is 6.08 Å². The van der Waals surface area contributed by atoms with Gasteiger partial charge in [0.15, 0.2) is 0 Å². The van der Waals surface area contributed by atoms with Crippen molar-refractivity contribution in [2.24, 2.45) is 5.92 Å². The zero-order chi connectivity index (χ0) is 24.6. The highest BCUT2D eigenvalue weighted by atomic mass is 16.2. The fraction of sp³-hybridized carbons (Fsp3) is 0.206. The molecule has 0 aliphatic carbocycles. The molecule has 2 heteroatoms. The van der Waals surface area contributed by atoms with Crippen LogP contribution in [-0.2, 0) is 24.1 Å². The summed E-state index contributed by atoms with van der Waals surface area (Å²) >= 11 is 0. The van der Waals surface area contributed by atoms with E-state index in [0.29, 0.717) is 6.42 Å². The van der Waals surface area contributed by atoms with Crippen LogP contribution in [0.3, 0.4) is 0 Å². The van der Waals surface area contributed by atoms with Crippen LogP contribution in [0.2, 0.25) is 0 Å². The number of hydrogen-bond donors (Lipinski definition) is 0. The third-order valence-corrected chi connectivity index (χ3v) is 7.24. The van der Waals surface area contributed by atoms with Gasteiger partial charge in [-0.3, -0.25) is 4.79 Å². The van der Waals surface area contributed by atoms with Gasteiger partial charge < -0.3 is 4.90 Å². The maximum atomic E-state index is 13.7. The summed E-state index contributed by atoms with van der Waals surface area (Å²) in [5.74, 6) is 0.472. The number of likely N-dealkylation sites (tertiary alicyclic amines) is 1. The molecule has 1 heterocycles. The van der Waals surface area contributed by atoms with Gasteiger partial charge in [-0.2, -0.15) is 0 Å². The number of benzene rings is 4. The molecule has 0 saturated carbocycles. The van der Waals surface area contributed by atoms with Gasteiger partial charge in [0.25, 0.3) is 0 Å². The summed E-state index contributed by atoms with van der Waals surface area (Å²) in [6.07, 6.45) is 5.49. The molecular formula is C34H33NO. The Balaban J connectivity index is 1.52. The van der Waals surface area contributed by atoms with Crippen molar-refractivity contribution < 1.29 is 4.79 Å². The average Bonchev–Trinajstić information content (AvgIpc) is 2.93. The largest absolute Gasteiger partial charge is 0.338 e. The Labute approximate surface area is 214 Å². The average molecular weight is 472 g/mol. The normalized spacial score (nSPS) is 18.8. The molecule has 1 aliphatic heterocycles. The standard InChI is InChI=1S/C34H33NO/c36-34(26-30-19-11-4-12-20-30)35-22-21-31(23-27-13-5-1-6-14-27)32(24-28-15-7-2-8-16-28)33(35)25-29-17-9-3-10-18-29/h1-20,23,32-33H,21-22,24-26H2. The fourth-order valence-electron chi connectivity index (χ4n) is 5.43. The molecule has 2 unspecified atom stereocenters. The Morgan fingerprint density at radius 3 is 1.75 bits per heavy atom. The van der Waals surface area contributed by atoms with Gasteiger partial charge in [0, 0.05) is 18.5 Å². The Hall–Kier alpha value is -3.91. The first-order valence-electron chi connectivity index (χ1n) is 12.9. The summed E-state index contributed by atoms with van der Waals surface area (Å²) in [6, 6.07) is 42.2. The second-order valence-corrected chi connectivity index (χ2v) is 9.68. The van der Waals surface area contributed by atoms with Crippen molar-refractivity contribution in [2.75, 3.05) is 6.54 Å². The maximum Gasteiger partial charge on any atom is 0.227 e. The van der Waals surface area contributed by atoms with Crippen molar-refractivity contribution in [3.05, 3.63) is 149 Å². The quantitative estimate of drug-likeness (QED) is 0.284. The van der Waals surface area contributed by atoms with E-state index in [4.69, 9.17) is 0 Å². The van der Waals surface area contributed by atoms with E-state index >= 15 is 0 Å². The van der Waals surface area contributed by atoms with Gasteiger partial charge in [-0.25, -0.2) is 0 Å². The number of carbonyl (C=O) groups is 1. The van der Waals surface area contributed by atoms with Crippen LogP contribution in [0.5, 0.6) is 0 Å². The molecule has 0 aromatic heterocycles. The minimum Gasteiger partial charge on any atom is -0.338 e. The van der Waals surface area contributed by atoms with Gasteiger partial charge in [0.1, 0.15) is 0 Å². The molecule has 180 valence electrons. The molecule has 4 aromatic carbocycles. The van der Waals surface area contributed by atoms with Crippen LogP contribution in [0.15, 0.2) is 127 Å². The molecule has 36 heavy (non-hydrogen) atoms. The highest BCUT2D eigenvalue weighted by molar-refractivity contribution is 5.79. The van der Waals surface area contributed by atoms with Gasteiger partial charge in [0.05, 0.1) is 6.42 Å². The predicted molar refractivity (Wildman–Crippen MR) is 148 cm³/mol. The first kappa shape index (κ1) is 23.8. The monoisotopic (exact) mass is 471 g/mol. The third kappa shape index (κ3) is 6.01. The first-order chi connectivity index (χ1) is 17.8. The summed E-state index contributed by atoms with van der Waals surface area (Å²) < 4.78 is 0. The van der Waals surface area contributed by atoms with Crippen molar-refractivity contribution in [3.8, 4) is 0 Å². The molecule has 1 fully saturated rings. The molecule has 1 aliphatic rings. The minimum absolute atomic E-state index is 0.104. The molecule has 0 N–H and O–H groups in total. The van der Waals surface area contributed by atoms with Crippen LogP contribution >= 0.6 is 0 Å². The Morgan fingerprint density at radius 1 is 0.667 bits per heavy atom. The van der Waals surface area contributed by atoms with E-state index in [9.17, 15) is 4.79 Å². The number of amides is 1. The highest BCUT2D eigenvalue weighted by Gasteiger charge is 2.37. The van der Waals surface area contributed by atoms with E-state index in [1.807, 2.05) is 18.2 Å². The molecule has 0 spiro atoms. The van der Waals surface area contributed by atoms with E-state index in [1.54, 1.807) is 0 Å². The van der Waals surface area contributed by atoms with Crippen molar-refractivity contribution in [1.29, 1.82) is 0 Å². The summed E-state index contributed by atoms with van der Waals surface area (Å²) in [7, 11) is 0. The maximum absolute atomic E-state index is 13.7. The lowest BCUT2D eigenvalue weighted by atomic mass is 9.77. The van der Waals surface area contributed by atoms with Gasteiger partial charge in [-0.15, -0.1) is 0 Å². The lowest BCUT2D eigenvalue weighted by Gasteiger charge is -2.43. The van der Waals surface area contributed by atoms with Crippen LogP contribution in [0.4, 0.5) is 0 Å². The molecule has 1 saturated heterocycles. The zero-order valence-electron chi connectivity index (χ0n) is 20.7. The molecular weight excluding hydrogens is 438 g/mol. The number of piperidine rings is 1. The minimum atomic E-state index is 0.104. The van der Waals surface area contributed by atoms with Gasteiger partial charge >= 0.3 is 0 Å². The van der Waals surface area contributed by atoms with Crippen molar-refractivity contribution in [3.63, 3.8) is 0 Å². The number of hydrogen-bond acceptors (Lipinski definition) is 1. The number of nitrogens with zero attached hydrogens (tertiary/aromatic N) is 1. The lowest BCUT2D eigenvalue weighted by molar-refractivity contribution is -0.134. The molecule has 0 radical (unpaired) electrons. The second-order valence-electron chi connectivity index (χ2n) is 9.68. The van der Waals surface area contributed by atoms with Gasteiger partial charge in [-0.1, -0.05) is 133 Å². The smallest absolute Gasteiger partial charge is 0.227 e. The highest BCUT2D eigenvalue weighted by Crippen LogP contribution is 2.35. The summed E-state index contributed by atoms with van der Waals surface area (Å²) in [6.45, 7) is 0.757. The number of carbonyl (C=O) groups excluding carboxylic acids is 1. The molecule has 2 atom stereocenters. The van der Waals surface area contributed by atoms with Gasteiger partial charge in [-0.05, 0) is 41.5 Å². The molecule has 5 rings (SSSR count). The molecule has 2 nitrogen and oxygen atoms in total. The second kappa shape index (κ2) is 11.7. The summed E-state index contributed by atoms with van der Waals surface area (Å²) in [4.78, 5) is 15.9. The van der Waals surface area contributed by atoms with Crippen LogP contribution in [-0.4, -0.2) is 23.4 Å². The topological polar surface area (TPSA) is 20.3 Å². The summed E-state index contributed by atoms with van der Waals surface area (Å²) in [5, 5.41) is 0. The predicted octanol–water partition coefficient (Wildman–Crippen LogP) is 7.02. The molecule has 0 bridgehead atoms. The van der Waals surface area contributed by atoms with Crippen LogP contribution in [0.1, 0.15) is 28.7 Å². The Kier molecular flexibility index (Phi) is 7.73. The lowest BCUT2D eigenvalue weighted by Crippen LogP contribution is -2.51. The fourth-order valence-corrected chi connectivity index (χ4v) is 5.43. The van der Waals surface area contributed by atoms with Crippen LogP contribution < -0.4 is 0 Å². The van der Waals surface area contributed by atoms with E-state index in [0.717, 1.165) is 31.4 Å². The third-order valence-electron chi connectivity index (χ3n) is 7.24. The van der Waals surface area contributed by atoms with E-state index in [2.05, 4.69) is 114 Å². The van der Waals surface area contributed by atoms with Gasteiger partial charge in [0.2, 0.25) is 5.91 Å².